The second-order valence-corrected chi connectivity index (χ2v) is 6.81. The van der Waals surface area contributed by atoms with Crippen molar-refractivity contribution in [3.05, 3.63) is 71.2 Å². The number of anilines is 1. The number of aromatic nitrogens is 3. The third-order valence-electron chi connectivity index (χ3n) is 4.97. The molecule has 1 aromatic heterocycles. The highest BCUT2D eigenvalue weighted by Gasteiger charge is 2.46. The van der Waals surface area contributed by atoms with Gasteiger partial charge in [0.2, 0.25) is 0 Å². The highest BCUT2D eigenvalue weighted by molar-refractivity contribution is 6.21. The van der Waals surface area contributed by atoms with Gasteiger partial charge < -0.3 is 10.0 Å². The lowest BCUT2D eigenvalue weighted by atomic mass is 10.1. The number of phenols is 1. The van der Waals surface area contributed by atoms with E-state index in [1.165, 1.54) is 34.8 Å². The van der Waals surface area contributed by atoms with Gasteiger partial charge in [0.15, 0.2) is 5.82 Å². The first-order chi connectivity index (χ1) is 13.9. The van der Waals surface area contributed by atoms with Crippen LogP contribution < -0.4 is 4.90 Å². The van der Waals surface area contributed by atoms with Gasteiger partial charge in [0.05, 0.1) is 12.2 Å². The third kappa shape index (κ3) is 3.10. The zero-order valence-electron chi connectivity index (χ0n) is 15.8. The summed E-state index contributed by atoms with van der Waals surface area (Å²) in [7, 11) is 1.51. The number of amides is 3. The molecule has 0 aliphatic carbocycles. The van der Waals surface area contributed by atoms with Crippen LogP contribution in [-0.4, -0.2) is 44.0 Å². The second kappa shape index (κ2) is 7.01. The van der Waals surface area contributed by atoms with E-state index in [1.54, 1.807) is 37.3 Å². The molecular weight excluding hydrogens is 377 g/mol. The van der Waals surface area contributed by atoms with E-state index in [0.717, 1.165) is 4.90 Å². The maximum absolute atomic E-state index is 14.0. The van der Waals surface area contributed by atoms with Gasteiger partial charge in [-0.2, -0.15) is 0 Å². The van der Waals surface area contributed by atoms with Gasteiger partial charge in [-0.25, -0.2) is 18.8 Å². The Bertz CT molecular complexity index is 1110. The molecule has 0 saturated carbocycles. The molecule has 9 heteroatoms. The molecule has 0 spiro atoms. The van der Waals surface area contributed by atoms with Gasteiger partial charge in [-0.05, 0) is 30.7 Å². The van der Waals surface area contributed by atoms with Gasteiger partial charge in [0.25, 0.3) is 5.91 Å². The Morgan fingerprint density at radius 2 is 1.90 bits per heavy atom. The van der Waals surface area contributed by atoms with Crippen molar-refractivity contribution in [3.63, 3.8) is 0 Å². The van der Waals surface area contributed by atoms with Crippen molar-refractivity contribution in [2.75, 3.05) is 11.9 Å². The molecule has 1 fully saturated rings. The Balaban J connectivity index is 1.67. The number of nitrogens with zero attached hydrogens (tertiary/aromatic N) is 5. The first-order valence-corrected chi connectivity index (χ1v) is 8.91. The fraction of sp³-hybridized carbons (Fsp3) is 0.200. The van der Waals surface area contributed by atoms with Crippen LogP contribution in [0.3, 0.4) is 0 Å². The number of carbonyl (C=O) groups is 2. The minimum atomic E-state index is -0.884. The lowest BCUT2D eigenvalue weighted by Gasteiger charge is -2.16. The summed E-state index contributed by atoms with van der Waals surface area (Å²) in [4.78, 5) is 28.1. The SMILES string of the molecule is Cc1c(N2C(=O)C(c3cccc(O)c3)N(C)C2=O)nnn1Cc1ccccc1F. The van der Waals surface area contributed by atoms with Crippen molar-refractivity contribution in [1.29, 1.82) is 0 Å². The lowest BCUT2D eigenvalue weighted by molar-refractivity contribution is -0.119. The molecule has 1 N–H and O–H groups in total. The van der Waals surface area contributed by atoms with E-state index < -0.39 is 18.0 Å². The number of carbonyl (C=O) groups excluding carboxylic acids is 2. The van der Waals surface area contributed by atoms with E-state index in [4.69, 9.17) is 0 Å². The van der Waals surface area contributed by atoms with Crippen LogP contribution in [0.25, 0.3) is 0 Å². The predicted octanol–water partition coefficient (Wildman–Crippen LogP) is 2.62. The first-order valence-electron chi connectivity index (χ1n) is 8.91. The quantitative estimate of drug-likeness (QED) is 0.686. The molecular formula is C20H18FN5O3. The van der Waals surface area contributed by atoms with Crippen molar-refractivity contribution in [1.82, 2.24) is 19.9 Å². The number of urea groups is 1. The van der Waals surface area contributed by atoms with Crippen LogP contribution in [-0.2, 0) is 11.3 Å². The number of hydrogen-bond acceptors (Lipinski definition) is 5. The molecule has 1 saturated heterocycles. The number of likely N-dealkylation sites (N-methyl/N-ethyl adjacent to an activating group) is 1. The largest absolute Gasteiger partial charge is 0.508 e. The van der Waals surface area contributed by atoms with Crippen LogP contribution in [0.15, 0.2) is 48.5 Å². The van der Waals surface area contributed by atoms with Crippen LogP contribution in [0.2, 0.25) is 0 Å². The van der Waals surface area contributed by atoms with Crippen molar-refractivity contribution >= 4 is 17.8 Å². The number of aromatic hydroxyl groups is 1. The fourth-order valence-corrected chi connectivity index (χ4v) is 3.40. The lowest BCUT2D eigenvalue weighted by Crippen LogP contribution is -2.32. The Morgan fingerprint density at radius 3 is 2.62 bits per heavy atom. The monoisotopic (exact) mass is 395 g/mol. The number of halogens is 1. The summed E-state index contributed by atoms with van der Waals surface area (Å²) in [6.45, 7) is 1.78. The van der Waals surface area contributed by atoms with Gasteiger partial charge in [0.1, 0.15) is 17.6 Å². The van der Waals surface area contributed by atoms with Crippen molar-refractivity contribution in [3.8, 4) is 5.75 Å². The van der Waals surface area contributed by atoms with Crippen LogP contribution in [0, 0.1) is 12.7 Å². The standard InChI is InChI=1S/C20H18FN5O3/c1-12-18(22-23-25(12)11-14-6-3-4-9-16(14)21)26-19(28)17(24(2)20(26)29)13-7-5-8-15(27)10-13/h3-10,17,27H,11H2,1-2H3. The highest BCUT2D eigenvalue weighted by Crippen LogP contribution is 2.34. The number of benzene rings is 2. The van der Waals surface area contributed by atoms with Gasteiger partial charge in [-0.1, -0.05) is 35.5 Å². The number of phenolic OH excluding ortho intramolecular Hbond substituents is 1. The maximum Gasteiger partial charge on any atom is 0.333 e. The zero-order chi connectivity index (χ0) is 20.7. The average molecular weight is 395 g/mol. The normalized spacial score (nSPS) is 16.7. The maximum atomic E-state index is 14.0. The van der Waals surface area contributed by atoms with E-state index in [0.29, 0.717) is 16.8 Å². The molecule has 1 aliphatic heterocycles. The summed E-state index contributed by atoms with van der Waals surface area (Å²) in [6, 6.07) is 11.1. The molecule has 2 aromatic carbocycles. The van der Waals surface area contributed by atoms with Crippen LogP contribution >= 0.6 is 0 Å². The molecule has 1 aliphatic rings. The molecule has 1 unspecified atom stereocenters. The fourth-order valence-electron chi connectivity index (χ4n) is 3.40. The second-order valence-electron chi connectivity index (χ2n) is 6.81. The van der Waals surface area contributed by atoms with Crippen LogP contribution in [0.4, 0.5) is 15.0 Å². The summed E-state index contributed by atoms with van der Waals surface area (Å²) in [5.74, 6) is -0.766. The minimum Gasteiger partial charge on any atom is -0.508 e. The Hall–Kier alpha value is -3.75. The summed E-state index contributed by atoms with van der Waals surface area (Å²) < 4.78 is 15.4. The molecule has 29 heavy (non-hydrogen) atoms. The van der Waals surface area contributed by atoms with E-state index >= 15 is 0 Å². The van der Waals surface area contributed by atoms with Gasteiger partial charge >= 0.3 is 6.03 Å². The molecule has 3 aromatic rings. The Labute approximate surface area is 165 Å². The molecule has 0 radical (unpaired) electrons. The topological polar surface area (TPSA) is 91.6 Å². The molecule has 4 rings (SSSR count). The van der Waals surface area contributed by atoms with Crippen molar-refractivity contribution in [2.24, 2.45) is 0 Å². The van der Waals surface area contributed by atoms with Crippen molar-refractivity contribution in [2.45, 2.75) is 19.5 Å². The van der Waals surface area contributed by atoms with Crippen LogP contribution in [0.5, 0.6) is 5.75 Å². The van der Waals surface area contributed by atoms with E-state index in [2.05, 4.69) is 10.3 Å². The molecule has 1 atom stereocenters. The minimum absolute atomic E-state index is 0.00149. The number of rotatable bonds is 4. The summed E-state index contributed by atoms with van der Waals surface area (Å²) in [5, 5.41) is 17.7. The average Bonchev–Trinajstić information content (AvgIpc) is 3.14. The summed E-state index contributed by atoms with van der Waals surface area (Å²) in [6.07, 6.45) is 0. The molecule has 2 heterocycles. The zero-order valence-corrected chi connectivity index (χ0v) is 15.8. The van der Waals surface area contributed by atoms with Crippen molar-refractivity contribution < 1.29 is 19.1 Å². The molecule has 148 valence electrons. The summed E-state index contributed by atoms with van der Waals surface area (Å²) >= 11 is 0. The number of hydrogen-bond donors (Lipinski definition) is 1. The van der Waals surface area contributed by atoms with E-state index in [-0.39, 0.29) is 23.9 Å². The summed E-state index contributed by atoms with van der Waals surface area (Å²) in [5.41, 5.74) is 1.37. The van der Waals surface area contributed by atoms with Gasteiger partial charge in [0, 0.05) is 12.6 Å². The van der Waals surface area contributed by atoms with Crippen LogP contribution in [0.1, 0.15) is 22.9 Å². The van der Waals surface area contributed by atoms with E-state index in [9.17, 15) is 19.1 Å². The van der Waals surface area contributed by atoms with Gasteiger partial charge in [-0.3, -0.25) is 4.79 Å². The smallest absolute Gasteiger partial charge is 0.333 e. The molecule has 0 bridgehead atoms. The van der Waals surface area contributed by atoms with Gasteiger partial charge in [-0.15, -0.1) is 5.10 Å². The highest BCUT2D eigenvalue weighted by atomic mass is 19.1. The first kappa shape index (κ1) is 18.6. The third-order valence-corrected chi connectivity index (χ3v) is 4.97. The molecule has 8 nitrogen and oxygen atoms in total. The Morgan fingerprint density at radius 1 is 1.14 bits per heavy atom. The predicted molar refractivity (Wildman–Crippen MR) is 102 cm³/mol. The number of imide groups is 1. The van der Waals surface area contributed by atoms with E-state index in [1.807, 2.05) is 0 Å². The molecule has 3 amide bonds. The Kier molecular flexibility index (Phi) is 4.50.